The number of aryl methyl sites for hydroxylation is 1. The molecular weight excluding hydrogens is 320 g/mol. The smallest absolute Gasteiger partial charge is 0.229 e. The Balaban J connectivity index is 1.69. The molecular formula is C18H18N4OS. The number of pyridine rings is 1. The molecule has 1 amide bonds. The fourth-order valence-corrected chi connectivity index (χ4v) is 3.30. The van der Waals surface area contributed by atoms with Gasteiger partial charge in [-0.1, -0.05) is 41.7 Å². The zero-order chi connectivity index (χ0) is 16.8. The SMILES string of the molecule is CCN(C(=O)CCc1ccccc1)c1nnc(-c2cccnc2)s1. The predicted octanol–water partition coefficient (Wildman–Crippen LogP) is 3.59. The number of amides is 1. The van der Waals surface area contributed by atoms with Crippen LogP contribution in [-0.2, 0) is 11.2 Å². The molecule has 6 heteroatoms. The lowest BCUT2D eigenvalue weighted by Gasteiger charge is -2.16. The third kappa shape index (κ3) is 3.83. The number of hydrogen-bond donors (Lipinski definition) is 0. The fraction of sp³-hybridized carbons (Fsp3) is 0.222. The normalized spacial score (nSPS) is 10.5. The molecule has 0 saturated carbocycles. The Morgan fingerprint density at radius 2 is 1.96 bits per heavy atom. The highest BCUT2D eigenvalue weighted by atomic mass is 32.1. The number of aromatic nitrogens is 3. The van der Waals surface area contributed by atoms with E-state index in [2.05, 4.69) is 15.2 Å². The second-order valence-electron chi connectivity index (χ2n) is 5.26. The van der Waals surface area contributed by atoms with E-state index in [4.69, 9.17) is 0 Å². The van der Waals surface area contributed by atoms with Crippen LogP contribution in [0.5, 0.6) is 0 Å². The summed E-state index contributed by atoms with van der Waals surface area (Å²) in [5.74, 6) is 0.0650. The predicted molar refractivity (Wildman–Crippen MR) is 95.9 cm³/mol. The molecule has 24 heavy (non-hydrogen) atoms. The molecule has 0 fully saturated rings. The molecule has 0 aliphatic carbocycles. The van der Waals surface area contributed by atoms with Crippen LogP contribution >= 0.6 is 11.3 Å². The van der Waals surface area contributed by atoms with Gasteiger partial charge in [-0.05, 0) is 31.0 Å². The molecule has 0 unspecified atom stereocenters. The lowest BCUT2D eigenvalue weighted by atomic mass is 10.1. The van der Waals surface area contributed by atoms with Crippen LogP contribution in [-0.4, -0.2) is 27.6 Å². The van der Waals surface area contributed by atoms with Gasteiger partial charge in [-0.15, -0.1) is 10.2 Å². The fourth-order valence-electron chi connectivity index (χ4n) is 2.38. The topological polar surface area (TPSA) is 59.0 Å². The largest absolute Gasteiger partial charge is 0.287 e. The van der Waals surface area contributed by atoms with Gasteiger partial charge in [-0.3, -0.25) is 14.7 Å². The van der Waals surface area contributed by atoms with Crippen molar-refractivity contribution in [2.24, 2.45) is 0 Å². The first kappa shape index (κ1) is 16.3. The van der Waals surface area contributed by atoms with Crippen molar-refractivity contribution >= 4 is 22.4 Å². The van der Waals surface area contributed by atoms with Crippen molar-refractivity contribution in [2.75, 3.05) is 11.4 Å². The van der Waals surface area contributed by atoms with E-state index in [9.17, 15) is 4.79 Å². The van der Waals surface area contributed by atoms with Crippen molar-refractivity contribution in [3.63, 3.8) is 0 Å². The van der Waals surface area contributed by atoms with Gasteiger partial charge < -0.3 is 0 Å². The Hall–Kier alpha value is -2.60. The minimum absolute atomic E-state index is 0.0650. The van der Waals surface area contributed by atoms with Crippen molar-refractivity contribution in [3.8, 4) is 10.6 Å². The molecule has 122 valence electrons. The number of benzene rings is 1. The van der Waals surface area contributed by atoms with Crippen molar-refractivity contribution in [2.45, 2.75) is 19.8 Å². The number of anilines is 1. The van der Waals surface area contributed by atoms with E-state index in [1.165, 1.54) is 11.3 Å². The minimum Gasteiger partial charge on any atom is -0.287 e. The van der Waals surface area contributed by atoms with Crippen LogP contribution in [0.3, 0.4) is 0 Å². The molecule has 0 radical (unpaired) electrons. The minimum atomic E-state index is 0.0650. The number of hydrogen-bond acceptors (Lipinski definition) is 5. The number of rotatable bonds is 6. The van der Waals surface area contributed by atoms with Gasteiger partial charge in [0.05, 0.1) is 0 Å². The summed E-state index contributed by atoms with van der Waals surface area (Å²) in [6.45, 7) is 2.53. The summed E-state index contributed by atoms with van der Waals surface area (Å²) in [5, 5.41) is 9.78. The third-order valence-corrected chi connectivity index (χ3v) is 4.64. The van der Waals surface area contributed by atoms with Crippen LogP contribution in [0, 0.1) is 0 Å². The Labute approximate surface area is 145 Å². The monoisotopic (exact) mass is 338 g/mol. The summed E-state index contributed by atoms with van der Waals surface area (Å²) >= 11 is 1.41. The zero-order valence-corrected chi connectivity index (χ0v) is 14.2. The highest BCUT2D eigenvalue weighted by Gasteiger charge is 2.18. The van der Waals surface area contributed by atoms with Crippen LogP contribution in [0.15, 0.2) is 54.9 Å². The molecule has 2 aromatic heterocycles. The lowest BCUT2D eigenvalue weighted by molar-refractivity contribution is -0.118. The average molecular weight is 338 g/mol. The Kier molecular flexibility index (Phi) is 5.28. The first-order chi connectivity index (χ1) is 11.8. The molecule has 5 nitrogen and oxygen atoms in total. The highest BCUT2D eigenvalue weighted by molar-refractivity contribution is 7.18. The molecule has 0 aliphatic rings. The summed E-state index contributed by atoms with van der Waals surface area (Å²) in [6.07, 6.45) is 4.65. The van der Waals surface area contributed by atoms with E-state index >= 15 is 0 Å². The second-order valence-corrected chi connectivity index (χ2v) is 6.21. The standard InChI is InChI=1S/C18H18N4OS/c1-2-22(16(23)11-10-14-7-4-3-5-8-14)18-21-20-17(24-18)15-9-6-12-19-13-15/h3-9,12-13H,2,10-11H2,1H3. The van der Waals surface area contributed by atoms with Crippen LogP contribution in [0.25, 0.3) is 10.6 Å². The van der Waals surface area contributed by atoms with Gasteiger partial charge in [-0.2, -0.15) is 0 Å². The van der Waals surface area contributed by atoms with Crippen LogP contribution < -0.4 is 4.90 Å². The number of carbonyl (C=O) groups excluding carboxylic acids is 1. The molecule has 3 aromatic rings. The summed E-state index contributed by atoms with van der Waals surface area (Å²) in [5.41, 5.74) is 2.07. The Bertz CT molecular complexity index is 789. The third-order valence-electron chi connectivity index (χ3n) is 3.64. The van der Waals surface area contributed by atoms with Gasteiger partial charge in [0.2, 0.25) is 11.0 Å². The molecule has 1 aromatic carbocycles. The average Bonchev–Trinajstić information content (AvgIpc) is 3.12. The molecule has 0 bridgehead atoms. The van der Waals surface area contributed by atoms with Gasteiger partial charge in [0.25, 0.3) is 0 Å². The van der Waals surface area contributed by atoms with E-state index in [1.807, 2.05) is 49.4 Å². The first-order valence-corrected chi connectivity index (χ1v) is 8.67. The van der Waals surface area contributed by atoms with E-state index in [1.54, 1.807) is 17.3 Å². The molecule has 0 atom stereocenters. The molecule has 0 spiro atoms. The van der Waals surface area contributed by atoms with Crippen LogP contribution in [0.4, 0.5) is 5.13 Å². The van der Waals surface area contributed by atoms with Gasteiger partial charge >= 0.3 is 0 Å². The van der Waals surface area contributed by atoms with E-state index in [0.717, 1.165) is 22.6 Å². The van der Waals surface area contributed by atoms with Crippen molar-refractivity contribution in [3.05, 3.63) is 60.4 Å². The summed E-state index contributed by atoms with van der Waals surface area (Å²) in [7, 11) is 0. The van der Waals surface area contributed by atoms with Crippen molar-refractivity contribution in [1.29, 1.82) is 0 Å². The second kappa shape index (κ2) is 7.79. The summed E-state index contributed by atoms with van der Waals surface area (Å²) in [4.78, 5) is 18.3. The summed E-state index contributed by atoms with van der Waals surface area (Å²) < 4.78 is 0. The van der Waals surface area contributed by atoms with Gasteiger partial charge in [0.1, 0.15) is 0 Å². The van der Waals surface area contributed by atoms with E-state index in [-0.39, 0.29) is 5.91 Å². The molecule has 0 N–H and O–H groups in total. The van der Waals surface area contributed by atoms with Crippen molar-refractivity contribution < 1.29 is 4.79 Å². The Morgan fingerprint density at radius 1 is 1.12 bits per heavy atom. The van der Waals surface area contributed by atoms with Gasteiger partial charge in [0, 0.05) is 30.9 Å². The van der Waals surface area contributed by atoms with Crippen molar-refractivity contribution in [1.82, 2.24) is 15.2 Å². The van der Waals surface area contributed by atoms with Crippen LogP contribution in [0.1, 0.15) is 18.9 Å². The molecule has 0 aliphatic heterocycles. The van der Waals surface area contributed by atoms with E-state index in [0.29, 0.717) is 18.1 Å². The summed E-state index contributed by atoms with van der Waals surface area (Å²) in [6, 6.07) is 13.8. The quantitative estimate of drug-likeness (QED) is 0.689. The van der Waals surface area contributed by atoms with Gasteiger partial charge in [0.15, 0.2) is 5.01 Å². The molecule has 2 heterocycles. The first-order valence-electron chi connectivity index (χ1n) is 7.86. The number of nitrogens with zero attached hydrogens (tertiary/aromatic N) is 4. The number of carbonyl (C=O) groups is 1. The lowest BCUT2D eigenvalue weighted by Crippen LogP contribution is -2.30. The highest BCUT2D eigenvalue weighted by Crippen LogP contribution is 2.28. The van der Waals surface area contributed by atoms with E-state index < -0.39 is 0 Å². The maximum Gasteiger partial charge on any atom is 0.229 e. The van der Waals surface area contributed by atoms with Gasteiger partial charge in [-0.25, -0.2) is 0 Å². The van der Waals surface area contributed by atoms with Crippen LogP contribution in [0.2, 0.25) is 0 Å². The zero-order valence-electron chi connectivity index (χ0n) is 13.4. The molecule has 0 saturated heterocycles. The maximum absolute atomic E-state index is 12.5. The maximum atomic E-state index is 12.5. The Morgan fingerprint density at radius 3 is 2.67 bits per heavy atom. The molecule has 3 rings (SSSR count).